The lowest BCUT2D eigenvalue weighted by Gasteiger charge is -2.20. The van der Waals surface area contributed by atoms with Gasteiger partial charge in [-0.05, 0) is 60.5 Å². The second kappa shape index (κ2) is 14.8. The molecule has 2 saturated carbocycles. The highest BCUT2D eigenvalue weighted by molar-refractivity contribution is 5.93. The first-order valence-corrected chi connectivity index (χ1v) is 14.4. The van der Waals surface area contributed by atoms with Crippen LogP contribution in [0.25, 0.3) is 5.65 Å². The summed E-state index contributed by atoms with van der Waals surface area (Å²) < 4.78 is 93.9. The van der Waals surface area contributed by atoms with E-state index in [-0.39, 0.29) is 32.2 Å². The molecule has 6 rings (SSSR count). The van der Waals surface area contributed by atoms with Crippen molar-refractivity contribution in [3.8, 4) is 0 Å². The molecule has 19 heteroatoms. The van der Waals surface area contributed by atoms with Crippen LogP contribution in [-0.4, -0.2) is 67.3 Å². The summed E-state index contributed by atoms with van der Waals surface area (Å²) >= 11 is 0. The highest BCUT2D eigenvalue weighted by atomic mass is 19.4. The fraction of sp³-hybridized carbons (Fsp3) is 0.593. The average molecular weight is 665 g/mol. The van der Waals surface area contributed by atoms with Crippen molar-refractivity contribution in [2.24, 2.45) is 5.92 Å². The molecule has 3 aromatic heterocycles. The number of nitrogens with one attached hydrogen (secondary N) is 3. The van der Waals surface area contributed by atoms with Crippen LogP contribution in [0, 0.1) is 5.92 Å². The molecular weight excluding hydrogens is 633 g/mol. The van der Waals surface area contributed by atoms with Crippen molar-refractivity contribution >= 4 is 23.9 Å². The van der Waals surface area contributed by atoms with Gasteiger partial charge in [0.1, 0.15) is 6.04 Å². The number of hydrogen-bond acceptors (Lipinski definition) is 8. The molecule has 1 unspecified atom stereocenters. The van der Waals surface area contributed by atoms with Crippen molar-refractivity contribution in [3.05, 3.63) is 41.1 Å². The number of hydrogen-bond donors (Lipinski definition) is 3. The smallest absolute Gasteiger partial charge is 0.356 e. The van der Waals surface area contributed by atoms with E-state index in [4.69, 9.17) is 0 Å². The van der Waals surface area contributed by atoms with Gasteiger partial charge in [0.2, 0.25) is 23.9 Å². The first-order chi connectivity index (χ1) is 21.8. The summed E-state index contributed by atoms with van der Waals surface area (Å²) in [6.07, 6.45) is 0.802. The third kappa shape index (κ3) is 9.84. The number of imidazole rings is 1. The molecule has 4 heterocycles. The highest BCUT2D eigenvalue weighted by Crippen LogP contribution is 2.33. The molecule has 0 aromatic carbocycles. The van der Waals surface area contributed by atoms with Gasteiger partial charge in [-0.1, -0.05) is 6.42 Å². The number of rotatable bonds is 8. The van der Waals surface area contributed by atoms with Crippen LogP contribution in [0.15, 0.2) is 23.1 Å². The number of halogens is 7. The third-order valence-corrected chi connectivity index (χ3v) is 7.34. The van der Waals surface area contributed by atoms with Crippen LogP contribution in [0.1, 0.15) is 85.2 Å². The number of amides is 3. The first-order valence-electron chi connectivity index (χ1n) is 14.4. The monoisotopic (exact) mass is 664 g/mol. The van der Waals surface area contributed by atoms with Crippen LogP contribution in [0.2, 0.25) is 0 Å². The molecular formula is C27H31F7N8O4. The van der Waals surface area contributed by atoms with Crippen LogP contribution < -0.4 is 16.0 Å². The summed E-state index contributed by atoms with van der Waals surface area (Å²) in [5.41, 5.74) is -0.358. The largest absolute Gasteiger partial charge is 0.408 e. The van der Waals surface area contributed by atoms with Gasteiger partial charge in [0, 0.05) is 24.8 Å². The van der Waals surface area contributed by atoms with Gasteiger partial charge in [-0.25, -0.2) is 31.7 Å². The van der Waals surface area contributed by atoms with E-state index in [0.717, 1.165) is 12.8 Å². The molecule has 3 N–H and O–H groups in total. The molecule has 0 spiro atoms. The number of fused-ring (bicyclic) bond motifs is 1. The molecule has 0 bridgehead atoms. The van der Waals surface area contributed by atoms with Crippen molar-refractivity contribution in [2.45, 2.75) is 94.9 Å². The van der Waals surface area contributed by atoms with Gasteiger partial charge >= 0.3 is 6.18 Å². The van der Waals surface area contributed by atoms with Crippen molar-refractivity contribution in [3.63, 3.8) is 0 Å². The van der Waals surface area contributed by atoms with Gasteiger partial charge in [-0.3, -0.25) is 14.4 Å². The SMILES string of the molecule is FC1(F)CCCCC1.O=C(NCc1cn2ncc(C[C@H]3CC(C(F)(F)F)NC3=O)cc2n1)c1nonc1C(F)F.O=CNC1CC1. The predicted molar refractivity (Wildman–Crippen MR) is 143 cm³/mol. The second-order valence-corrected chi connectivity index (χ2v) is 11.1. The third-order valence-electron chi connectivity index (χ3n) is 7.34. The van der Waals surface area contributed by atoms with Gasteiger partial charge in [0.15, 0.2) is 11.3 Å². The van der Waals surface area contributed by atoms with Crippen LogP contribution in [0.4, 0.5) is 30.7 Å². The lowest BCUT2D eigenvalue weighted by Crippen LogP contribution is -2.38. The molecule has 2 atom stereocenters. The fourth-order valence-corrected chi connectivity index (χ4v) is 4.74. The second-order valence-electron chi connectivity index (χ2n) is 11.1. The fourth-order valence-electron chi connectivity index (χ4n) is 4.74. The van der Waals surface area contributed by atoms with E-state index in [1.165, 1.54) is 29.8 Å². The number of alkyl halides is 7. The highest BCUT2D eigenvalue weighted by Gasteiger charge is 2.47. The topological polar surface area (TPSA) is 156 Å². The zero-order chi connectivity index (χ0) is 33.5. The summed E-state index contributed by atoms with van der Waals surface area (Å²) in [6.45, 7) is -0.147. The minimum Gasteiger partial charge on any atom is -0.356 e. The van der Waals surface area contributed by atoms with Crippen molar-refractivity contribution < 1.29 is 49.7 Å². The van der Waals surface area contributed by atoms with E-state index >= 15 is 0 Å². The quantitative estimate of drug-likeness (QED) is 0.241. The van der Waals surface area contributed by atoms with Crippen molar-refractivity contribution in [1.29, 1.82) is 0 Å². The molecule has 1 saturated heterocycles. The summed E-state index contributed by atoms with van der Waals surface area (Å²) in [7, 11) is 0. The summed E-state index contributed by atoms with van der Waals surface area (Å²) in [6, 6.07) is 0.217. The summed E-state index contributed by atoms with van der Waals surface area (Å²) in [5, 5.41) is 17.2. The maximum Gasteiger partial charge on any atom is 0.408 e. The molecule has 252 valence electrons. The standard InChI is InChI=1S/C17H14F5N7O3.C6H10F2.C4H7NO/c18-14(19)12-13(28-32-27-12)16(31)23-5-9-6-29-11(25-9)2-7(4-24-29)1-8-3-10(17(20,21)22)26-15(8)30;7-6(8)4-2-1-3-5-6;6-3-5-4-1-2-4/h2,4,6,8,10,14H,1,3,5H2,(H,23,31)(H,26,30);1-5H2;3-4H,1-2H2,(H,5,6)/t8-,10?;;/m0../s1. The Morgan fingerprint density at radius 1 is 1.17 bits per heavy atom. The van der Waals surface area contributed by atoms with Crippen LogP contribution in [-0.2, 0) is 22.6 Å². The zero-order valence-corrected chi connectivity index (χ0v) is 24.2. The van der Waals surface area contributed by atoms with Gasteiger partial charge in [0.05, 0.1) is 24.6 Å². The van der Waals surface area contributed by atoms with E-state index in [2.05, 4.69) is 35.7 Å². The average Bonchev–Trinajstić information content (AvgIpc) is 3.35. The van der Waals surface area contributed by atoms with E-state index in [1.54, 1.807) is 6.07 Å². The Balaban J connectivity index is 0.000000280. The Morgan fingerprint density at radius 2 is 1.89 bits per heavy atom. The minimum atomic E-state index is -4.51. The number of nitrogens with zero attached hydrogens (tertiary/aromatic N) is 5. The Morgan fingerprint density at radius 3 is 2.43 bits per heavy atom. The maximum absolute atomic E-state index is 12.8. The number of carbonyl (C=O) groups excluding carboxylic acids is 3. The van der Waals surface area contributed by atoms with Crippen molar-refractivity contribution in [2.75, 3.05) is 0 Å². The lowest BCUT2D eigenvalue weighted by atomic mass is 9.97. The number of aromatic nitrogens is 5. The lowest BCUT2D eigenvalue weighted by molar-refractivity contribution is -0.154. The summed E-state index contributed by atoms with van der Waals surface area (Å²) in [4.78, 5) is 37.7. The van der Waals surface area contributed by atoms with E-state index < -0.39 is 53.7 Å². The molecule has 2 aliphatic carbocycles. The predicted octanol–water partition coefficient (Wildman–Crippen LogP) is 4.07. The normalized spacial score (nSPS) is 20.7. The molecule has 46 heavy (non-hydrogen) atoms. The molecule has 12 nitrogen and oxygen atoms in total. The molecule has 3 aliphatic rings. The molecule has 0 radical (unpaired) electrons. The molecule has 3 fully saturated rings. The first kappa shape index (κ1) is 34.6. The Bertz CT molecular complexity index is 1480. The zero-order valence-electron chi connectivity index (χ0n) is 24.2. The van der Waals surface area contributed by atoms with Crippen LogP contribution in [0.3, 0.4) is 0 Å². The van der Waals surface area contributed by atoms with E-state index in [1.807, 2.05) is 5.32 Å². The number of carbonyl (C=O) groups is 3. The van der Waals surface area contributed by atoms with Gasteiger partial charge < -0.3 is 16.0 Å². The Hall–Kier alpha value is -4.32. The Kier molecular flexibility index (Phi) is 11.2. The van der Waals surface area contributed by atoms with Gasteiger partial charge in [-0.2, -0.15) is 18.3 Å². The van der Waals surface area contributed by atoms with Crippen LogP contribution in [0.5, 0.6) is 0 Å². The van der Waals surface area contributed by atoms with E-state index in [9.17, 15) is 45.1 Å². The molecule has 3 amide bonds. The van der Waals surface area contributed by atoms with Crippen LogP contribution >= 0.6 is 0 Å². The van der Waals surface area contributed by atoms with Gasteiger partial charge in [0.25, 0.3) is 12.3 Å². The minimum absolute atomic E-state index is 0.0520. The summed E-state index contributed by atoms with van der Waals surface area (Å²) in [5.74, 6) is -4.78. The van der Waals surface area contributed by atoms with Crippen molar-refractivity contribution in [1.82, 2.24) is 40.9 Å². The van der Waals surface area contributed by atoms with Gasteiger partial charge in [-0.15, -0.1) is 0 Å². The van der Waals surface area contributed by atoms with E-state index in [0.29, 0.717) is 35.8 Å². The molecule has 3 aromatic rings. The molecule has 1 aliphatic heterocycles. The maximum atomic E-state index is 12.8. The Labute approximate surface area is 256 Å².